The molecule has 1 aliphatic rings. The normalized spacial score (nSPS) is 14.5. The summed E-state index contributed by atoms with van der Waals surface area (Å²) in [4.78, 5) is 6.52. The Labute approximate surface area is 145 Å². The van der Waals surface area contributed by atoms with Crippen LogP contribution in [0.3, 0.4) is 0 Å². The fraction of sp³-hybridized carbons (Fsp3) is 0.562. The number of hydrogen-bond acceptors (Lipinski definition) is 4. The van der Waals surface area contributed by atoms with Crippen molar-refractivity contribution in [2.75, 3.05) is 33.3 Å². The molecular formula is C16H26IN3O. The molecule has 1 aromatic carbocycles. The molecule has 0 aromatic heterocycles. The lowest BCUT2D eigenvalue weighted by Gasteiger charge is -2.23. The second kappa shape index (κ2) is 7.87. The molecule has 0 spiro atoms. The first-order valence-electron chi connectivity index (χ1n) is 7.20. The number of para-hydroxylation sites is 1. The zero-order chi connectivity index (χ0) is 14.6. The highest BCUT2D eigenvalue weighted by molar-refractivity contribution is 14.0. The molecule has 0 saturated heterocycles. The van der Waals surface area contributed by atoms with E-state index in [4.69, 9.17) is 4.74 Å². The average molecular weight is 403 g/mol. The maximum atomic E-state index is 5.92. The van der Waals surface area contributed by atoms with Gasteiger partial charge in [-0.15, -0.1) is 24.0 Å². The van der Waals surface area contributed by atoms with Gasteiger partial charge in [0.2, 0.25) is 0 Å². The number of nitrogens with one attached hydrogen (secondary N) is 1. The molecule has 2 rings (SSSR count). The van der Waals surface area contributed by atoms with Crippen molar-refractivity contribution in [2.24, 2.45) is 4.99 Å². The third kappa shape index (κ3) is 5.05. The monoisotopic (exact) mass is 403 g/mol. The van der Waals surface area contributed by atoms with E-state index in [-0.39, 0.29) is 29.4 Å². The maximum absolute atomic E-state index is 5.92. The van der Waals surface area contributed by atoms with Crippen LogP contribution in [0.4, 0.5) is 0 Å². The van der Waals surface area contributed by atoms with Crippen LogP contribution in [0, 0.1) is 0 Å². The Morgan fingerprint density at radius 3 is 2.62 bits per heavy atom. The Balaban J connectivity index is 0.00000220. The molecule has 0 radical (unpaired) electrons. The van der Waals surface area contributed by atoms with Crippen LogP contribution in [0.2, 0.25) is 0 Å². The molecule has 0 unspecified atom stereocenters. The van der Waals surface area contributed by atoms with Gasteiger partial charge in [-0.2, -0.15) is 0 Å². The number of likely N-dealkylation sites (N-methyl/N-ethyl adjacent to an activating group) is 1. The van der Waals surface area contributed by atoms with Gasteiger partial charge in [-0.25, -0.2) is 0 Å². The lowest BCUT2D eigenvalue weighted by Crippen LogP contribution is -2.37. The van der Waals surface area contributed by atoms with E-state index < -0.39 is 0 Å². The van der Waals surface area contributed by atoms with E-state index in [1.807, 2.05) is 12.1 Å². The summed E-state index contributed by atoms with van der Waals surface area (Å²) in [7, 11) is 2.05. The van der Waals surface area contributed by atoms with Crippen LogP contribution in [-0.4, -0.2) is 44.1 Å². The van der Waals surface area contributed by atoms with Gasteiger partial charge in [-0.05, 0) is 17.0 Å². The summed E-state index contributed by atoms with van der Waals surface area (Å²) in [6.07, 6.45) is 0. The molecule has 0 atom stereocenters. The molecule has 0 bridgehead atoms. The van der Waals surface area contributed by atoms with Crippen LogP contribution >= 0.6 is 24.0 Å². The lowest BCUT2D eigenvalue weighted by atomic mass is 9.86. The molecule has 0 saturated carbocycles. The number of ether oxygens (including phenoxy) is 1. The first-order chi connectivity index (χ1) is 9.48. The highest BCUT2D eigenvalue weighted by atomic mass is 127. The minimum absolute atomic E-state index is 0. The highest BCUT2D eigenvalue weighted by Crippen LogP contribution is 2.30. The minimum atomic E-state index is 0. The molecule has 0 aliphatic carbocycles. The van der Waals surface area contributed by atoms with Crippen molar-refractivity contribution in [2.45, 2.75) is 26.2 Å². The molecule has 1 N–H and O–H groups in total. The Hall–Kier alpha value is -0.980. The van der Waals surface area contributed by atoms with Crippen molar-refractivity contribution in [3.8, 4) is 5.75 Å². The number of rotatable bonds is 4. The first kappa shape index (κ1) is 18.1. The predicted molar refractivity (Wildman–Crippen MR) is 99.0 cm³/mol. The second-order valence-corrected chi connectivity index (χ2v) is 6.15. The SMILES string of the molecule is CN1CCN=C1NCCOc1ccccc1C(C)(C)C.I. The third-order valence-electron chi connectivity index (χ3n) is 3.40. The quantitative estimate of drug-likeness (QED) is 0.621. The van der Waals surface area contributed by atoms with Gasteiger partial charge in [0, 0.05) is 13.6 Å². The number of aliphatic imine (C=N–C) groups is 1. The first-order valence-corrected chi connectivity index (χ1v) is 7.20. The van der Waals surface area contributed by atoms with Gasteiger partial charge >= 0.3 is 0 Å². The van der Waals surface area contributed by atoms with E-state index in [1.54, 1.807) is 0 Å². The number of halogens is 1. The van der Waals surface area contributed by atoms with Crippen molar-refractivity contribution in [1.82, 2.24) is 10.2 Å². The minimum Gasteiger partial charge on any atom is -0.491 e. The van der Waals surface area contributed by atoms with Gasteiger partial charge in [0.1, 0.15) is 12.4 Å². The van der Waals surface area contributed by atoms with E-state index in [0.29, 0.717) is 6.61 Å². The summed E-state index contributed by atoms with van der Waals surface area (Å²) < 4.78 is 5.92. The number of benzene rings is 1. The zero-order valence-electron chi connectivity index (χ0n) is 13.3. The molecule has 1 aliphatic heterocycles. The largest absolute Gasteiger partial charge is 0.491 e. The molecule has 0 amide bonds. The summed E-state index contributed by atoms with van der Waals surface area (Å²) in [6.45, 7) is 9.89. The molecule has 5 heteroatoms. The fourth-order valence-corrected chi connectivity index (χ4v) is 2.26. The third-order valence-corrected chi connectivity index (χ3v) is 3.40. The van der Waals surface area contributed by atoms with Gasteiger partial charge in [0.05, 0.1) is 13.1 Å². The van der Waals surface area contributed by atoms with E-state index in [0.717, 1.165) is 31.3 Å². The Kier molecular flexibility index (Phi) is 6.77. The Morgan fingerprint density at radius 1 is 1.29 bits per heavy atom. The van der Waals surface area contributed by atoms with E-state index >= 15 is 0 Å². The molecule has 0 fully saturated rings. The summed E-state index contributed by atoms with van der Waals surface area (Å²) in [6, 6.07) is 8.26. The summed E-state index contributed by atoms with van der Waals surface area (Å²) in [5, 5.41) is 3.31. The van der Waals surface area contributed by atoms with Crippen molar-refractivity contribution in [1.29, 1.82) is 0 Å². The summed E-state index contributed by atoms with van der Waals surface area (Å²) in [5.74, 6) is 1.95. The van der Waals surface area contributed by atoms with Crippen molar-refractivity contribution in [3.63, 3.8) is 0 Å². The van der Waals surface area contributed by atoms with Crippen LogP contribution < -0.4 is 10.1 Å². The van der Waals surface area contributed by atoms with Crippen LogP contribution in [0.25, 0.3) is 0 Å². The molecule has 21 heavy (non-hydrogen) atoms. The smallest absolute Gasteiger partial charge is 0.193 e. The Bertz CT molecular complexity index is 483. The fourth-order valence-electron chi connectivity index (χ4n) is 2.26. The highest BCUT2D eigenvalue weighted by Gasteiger charge is 2.18. The average Bonchev–Trinajstić information content (AvgIpc) is 2.80. The van der Waals surface area contributed by atoms with Crippen LogP contribution in [0.1, 0.15) is 26.3 Å². The van der Waals surface area contributed by atoms with Crippen LogP contribution in [0.15, 0.2) is 29.3 Å². The van der Waals surface area contributed by atoms with Gasteiger partial charge in [-0.3, -0.25) is 4.99 Å². The van der Waals surface area contributed by atoms with Crippen molar-refractivity contribution >= 4 is 29.9 Å². The molecule has 1 aromatic rings. The van der Waals surface area contributed by atoms with Crippen LogP contribution in [0.5, 0.6) is 5.75 Å². The summed E-state index contributed by atoms with van der Waals surface area (Å²) in [5.41, 5.74) is 1.34. The van der Waals surface area contributed by atoms with E-state index in [1.165, 1.54) is 5.56 Å². The predicted octanol–water partition coefficient (Wildman–Crippen LogP) is 2.87. The van der Waals surface area contributed by atoms with Gasteiger partial charge in [0.25, 0.3) is 0 Å². The van der Waals surface area contributed by atoms with Gasteiger partial charge < -0.3 is 15.0 Å². The van der Waals surface area contributed by atoms with Crippen molar-refractivity contribution < 1.29 is 4.74 Å². The number of hydrogen-bond donors (Lipinski definition) is 1. The maximum Gasteiger partial charge on any atom is 0.193 e. The molecule has 118 valence electrons. The lowest BCUT2D eigenvalue weighted by molar-refractivity contribution is 0.311. The van der Waals surface area contributed by atoms with Crippen LogP contribution in [-0.2, 0) is 5.41 Å². The zero-order valence-corrected chi connectivity index (χ0v) is 15.7. The van der Waals surface area contributed by atoms with E-state index in [2.05, 4.69) is 55.2 Å². The summed E-state index contributed by atoms with van der Waals surface area (Å²) >= 11 is 0. The Morgan fingerprint density at radius 2 is 2.00 bits per heavy atom. The standard InChI is InChI=1S/C16H25N3O.HI/c1-16(2,3)13-7-5-6-8-14(13)20-12-10-18-15-17-9-11-19(15)4;/h5-8H,9-12H2,1-4H3,(H,17,18);1H. The molecule has 4 nitrogen and oxygen atoms in total. The number of guanidine groups is 1. The second-order valence-electron chi connectivity index (χ2n) is 6.15. The molecule has 1 heterocycles. The van der Waals surface area contributed by atoms with Gasteiger partial charge in [-0.1, -0.05) is 39.0 Å². The van der Waals surface area contributed by atoms with E-state index in [9.17, 15) is 0 Å². The van der Waals surface area contributed by atoms with Gasteiger partial charge in [0.15, 0.2) is 5.96 Å². The topological polar surface area (TPSA) is 36.9 Å². The van der Waals surface area contributed by atoms with Crippen molar-refractivity contribution in [3.05, 3.63) is 29.8 Å². The number of nitrogens with zero attached hydrogens (tertiary/aromatic N) is 2. The molecular weight excluding hydrogens is 377 g/mol.